The van der Waals surface area contributed by atoms with Crippen LogP contribution in [0.4, 0.5) is 0 Å². The van der Waals surface area contributed by atoms with Gasteiger partial charge in [-0.2, -0.15) is 4.98 Å². The Morgan fingerprint density at radius 3 is 2.75 bits per heavy atom. The maximum Gasteiger partial charge on any atom is 0.230 e. The van der Waals surface area contributed by atoms with Crippen LogP contribution in [0.1, 0.15) is 50.5 Å². The number of benzene rings is 1. The van der Waals surface area contributed by atoms with E-state index >= 15 is 0 Å². The third-order valence-electron chi connectivity index (χ3n) is 4.50. The molecule has 0 spiro atoms. The van der Waals surface area contributed by atoms with Crippen molar-refractivity contribution < 1.29 is 9.32 Å². The second kappa shape index (κ2) is 7.16. The van der Waals surface area contributed by atoms with E-state index in [1.165, 1.54) is 5.56 Å². The van der Waals surface area contributed by atoms with Gasteiger partial charge in [0.2, 0.25) is 17.6 Å². The zero-order chi connectivity index (χ0) is 17.1. The van der Waals surface area contributed by atoms with E-state index < -0.39 is 0 Å². The van der Waals surface area contributed by atoms with E-state index in [0.717, 1.165) is 31.5 Å². The van der Waals surface area contributed by atoms with Crippen LogP contribution in [0.5, 0.6) is 0 Å². The summed E-state index contributed by atoms with van der Waals surface area (Å²) in [6.45, 7) is 7.76. The first-order chi connectivity index (χ1) is 11.5. The molecule has 0 aliphatic carbocycles. The van der Waals surface area contributed by atoms with Crippen molar-refractivity contribution in [2.24, 2.45) is 5.92 Å². The maximum absolute atomic E-state index is 12.1. The van der Waals surface area contributed by atoms with Gasteiger partial charge in [0, 0.05) is 31.0 Å². The van der Waals surface area contributed by atoms with Gasteiger partial charge in [-0.15, -0.1) is 0 Å². The first-order valence-electron chi connectivity index (χ1n) is 8.71. The molecule has 2 aromatic rings. The number of aromatic nitrogens is 2. The lowest BCUT2D eigenvalue weighted by Crippen LogP contribution is -2.38. The van der Waals surface area contributed by atoms with Gasteiger partial charge in [0.15, 0.2) is 0 Å². The molecule has 1 aliphatic heterocycles. The first kappa shape index (κ1) is 16.7. The number of hydrogen-bond donors (Lipinski definition) is 0. The van der Waals surface area contributed by atoms with Crippen molar-refractivity contribution in [2.75, 3.05) is 13.1 Å². The van der Waals surface area contributed by atoms with Crippen LogP contribution >= 0.6 is 0 Å². The zero-order valence-electron chi connectivity index (χ0n) is 14.7. The molecule has 0 bridgehead atoms. The van der Waals surface area contributed by atoms with Crippen LogP contribution in [0.15, 0.2) is 28.8 Å². The first-order valence-corrected chi connectivity index (χ1v) is 8.71. The minimum Gasteiger partial charge on any atom is -0.343 e. The molecule has 0 N–H and O–H groups in total. The van der Waals surface area contributed by atoms with Crippen LogP contribution in [0.3, 0.4) is 0 Å². The third-order valence-corrected chi connectivity index (χ3v) is 4.50. The summed E-state index contributed by atoms with van der Waals surface area (Å²) < 4.78 is 5.49. The molecule has 1 fully saturated rings. The van der Waals surface area contributed by atoms with Gasteiger partial charge in [-0.05, 0) is 31.7 Å². The van der Waals surface area contributed by atoms with Gasteiger partial charge in [-0.25, -0.2) is 0 Å². The molecule has 5 nitrogen and oxygen atoms in total. The van der Waals surface area contributed by atoms with Gasteiger partial charge >= 0.3 is 0 Å². The number of aryl methyl sites for hydroxylation is 1. The smallest absolute Gasteiger partial charge is 0.230 e. The Balaban J connectivity index is 1.62. The molecule has 1 aromatic carbocycles. The fourth-order valence-corrected chi connectivity index (χ4v) is 3.16. The Labute approximate surface area is 143 Å². The van der Waals surface area contributed by atoms with Crippen molar-refractivity contribution in [1.29, 1.82) is 0 Å². The highest BCUT2D eigenvalue weighted by molar-refractivity contribution is 5.76. The number of piperidine rings is 1. The molecule has 1 aliphatic rings. The minimum atomic E-state index is 0.249. The van der Waals surface area contributed by atoms with E-state index in [2.05, 4.69) is 30.1 Å². The molecule has 1 aromatic heterocycles. The standard InChI is InChI=1S/C19H25N3O2/c1-13(2)11-17(23)22-9-7-15(8-10-22)19-20-18(21-24-19)16-6-4-5-14(3)12-16/h4-6,12-13,15H,7-11H2,1-3H3. The van der Waals surface area contributed by atoms with Crippen molar-refractivity contribution in [3.63, 3.8) is 0 Å². The molecule has 128 valence electrons. The van der Waals surface area contributed by atoms with E-state index in [9.17, 15) is 4.79 Å². The van der Waals surface area contributed by atoms with Crippen molar-refractivity contribution in [2.45, 2.75) is 46.0 Å². The van der Waals surface area contributed by atoms with E-state index in [0.29, 0.717) is 24.1 Å². The second-order valence-corrected chi connectivity index (χ2v) is 7.08. The summed E-state index contributed by atoms with van der Waals surface area (Å²) in [6, 6.07) is 8.10. The van der Waals surface area contributed by atoms with Gasteiger partial charge in [-0.1, -0.05) is 42.8 Å². The molecule has 0 atom stereocenters. The molecule has 0 radical (unpaired) electrons. The lowest BCUT2D eigenvalue weighted by atomic mass is 9.96. The van der Waals surface area contributed by atoms with Crippen molar-refractivity contribution >= 4 is 5.91 Å². The molecule has 0 saturated carbocycles. The lowest BCUT2D eigenvalue weighted by molar-refractivity contribution is -0.133. The fourth-order valence-electron chi connectivity index (χ4n) is 3.16. The van der Waals surface area contributed by atoms with Crippen molar-refractivity contribution in [1.82, 2.24) is 15.0 Å². The quantitative estimate of drug-likeness (QED) is 0.857. The summed E-state index contributed by atoms with van der Waals surface area (Å²) in [7, 11) is 0. The number of carbonyl (C=O) groups is 1. The van der Waals surface area contributed by atoms with Gasteiger partial charge in [-0.3, -0.25) is 4.79 Å². The Morgan fingerprint density at radius 2 is 2.08 bits per heavy atom. The van der Waals surface area contributed by atoms with Crippen LogP contribution in [-0.2, 0) is 4.79 Å². The second-order valence-electron chi connectivity index (χ2n) is 7.08. The van der Waals surface area contributed by atoms with E-state index in [4.69, 9.17) is 4.52 Å². The van der Waals surface area contributed by atoms with Gasteiger partial charge in [0.1, 0.15) is 0 Å². The van der Waals surface area contributed by atoms with Crippen molar-refractivity contribution in [3.05, 3.63) is 35.7 Å². The minimum absolute atomic E-state index is 0.249. The Bertz CT molecular complexity index is 700. The summed E-state index contributed by atoms with van der Waals surface area (Å²) >= 11 is 0. The Kier molecular flexibility index (Phi) is 4.97. The van der Waals surface area contributed by atoms with E-state index in [1.807, 2.05) is 30.0 Å². The highest BCUT2D eigenvalue weighted by atomic mass is 16.5. The predicted octanol–water partition coefficient (Wildman–Crippen LogP) is 3.80. The summed E-state index contributed by atoms with van der Waals surface area (Å²) in [5.41, 5.74) is 2.16. The number of hydrogen-bond acceptors (Lipinski definition) is 4. The lowest BCUT2D eigenvalue weighted by Gasteiger charge is -2.30. The molecule has 0 unspecified atom stereocenters. The summed E-state index contributed by atoms with van der Waals surface area (Å²) in [5, 5.41) is 4.13. The molecule has 1 saturated heterocycles. The van der Waals surface area contributed by atoms with Crippen LogP contribution in [0.25, 0.3) is 11.4 Å². The van der Waals surface area contributed by atoms with Gasteiger partial charge < -0.3 is 9.42 Å². The van der Waals surface area contributed by atoms with Crippen LogP contribution < -0.4 is 0 Å². The Morgan fingerprint density at radius 1 is 1.33 bits per heavy atom. The number of carbonyl (C=O) groups excluding carboxylic acids is 1. The molecule has 24 heavy (non-hydrogen) atoms. The Hall–Kier alpha value is -2.17. The average molecular weight is 327 g/mol. The van der Waals surface area contributed by atoms with Gasteiger partial charge in [0.05, 0.1) is 0 Å². The molecule has 5 heteroatoms. The molecular weight excluding hydrogens is 302 g/mol. The van der Waals surface area contributed by atoms with Crippen molar-refractivity contribution in [3.8, 4) is 11.4 Å². The van der Waals surface area contributed by atoms with Crippen LogP contribution in [0.2, 0.25) is 0 Å². The fraction of sp³-hybridized carbons (Fsp3) is 0.526. The molecular formula is C19H25N3O2. The predicted molar refractivity (Wildman–Crippen MR) is 92.5 cm³/mol. The molecule has 1 amide bonds. The third kappa shape index (κ3) is 3.83. The molecule has 3 rings (SSSR count). The number of amides is 1. The molecule has 2 heterocycles. The summed E-state index contributed by atoms with van der Waals surface area (Å²) in [5.74, 6) is 2.26. The topological polar surface area (TPSA) is 59.2 Å². The number of nitrogens with zero attached hydrogens (tertiary/aromatic N) is 3. The van der Waals surface area contributed by atoms with E-state index in [-0.39, 0.29) is 11.8 Å². The van der Waals surface area contributed by atoms with Crippen LogP contribution in [-0.4, -0.2) is 34.0 Å². The number of likely N-dealkylation sites (tertiary alicyclic amines) is 1. The highest BCUT2D eigenvalue weighted by Crippen LogP contribution is 2.29. The normalized spacial score (nSPS) is 15.9. The SMILES string of the molecule is Cc1cccc(-c2noc(C3CCN(C(=O)CC(C)C)CC3)n2)c1. The van der Waals surface area contributed by atoms with Gasteiger partial charge in [0.25, 0.3) is 0 Å². The average Bonchev–Trinajstić information content (AvgIpc) is 3.04. The van der Waals surface area contributed by atoms with E-state index in [1.54, 1.807) is 0 Å². The summed E-state index contributed by atoms with van der Waals surface area (Å²) in [4.78, 5) is 18.7. The number of rotatable bonds is 4. The summed E-state index contributed by atoms with van der Waals surface area (Å²) in [6.07, 6.45) is 2.40. The zero-order valence-corrected chi connectivity index (χ0v) is 14.7. The monoisotopic (exact) mass is 327 g/mol. The van der Waals surface area contributed by atoms with Crippen LogP contribution in [0, 0.1) is 12.8 Å². The largest absolute Gasteiger partial charge is 0.343 e. The maximum atomic E-state index is 12.1. The highest BCUT2D eigenvalue weighted by Gasteiger charge is 2.27.